The number of carbonyl (C=O) groups excluding carboxylic acids is 1. The van der Waals surface area contributed by atoms with E-state index in [0.29, 0.717) is 6.42 Å². The van der Waals surface area contributed by atoms with Gasteiger partial charge in [-0.25, -0.2) is 0 Å². The lowest BCUT2D eigenvalue weighted by atomic mass is 9.98. The van der Waals surface area contributed by atoms with Gasteiger partial charge < -0.3 is 10.6 Å². The number of rotatable bonds is 6. The smallest absolute Gasteiger partial charge is 0.220 e. The molecule has 0 unspecified atom stereocenters. The van der Waals surface area contributed by atoms with Gasteiger partial charge in [0.25, 0.3) is 0 Å². The Hall–Kier alpha value is -0.570. The first-order valence-electron chi connectivity index (χ1n) is 5.42. The third-order valence-corrected chi connectivity index (χ3v) is 2.08. The van der Waals surface area contributed by atoms with Crippen LogP contribution >= 0.6 is 0 Å². The summed E-state index contributed by atoms with van der Waals surface area (Å²) in [4.78, 5) is 11.4. The Morgan fingerprint density at radius 3 is 2.36 bits per heavy atom. The Morgan fingerprint density at radius 1 is 1.36 bits per heavy atom. The van der Waals surface area contributed by atoms with E-state index in [-0.39, 0.29) is 17.5 Å². The third-order valence-electron chi connectivity index (χ3n) is 2.08. The topological polar surface area (TPSA) is 41.1 Å². The van der Waals surface area contributed by atoms with Crippen LogP contribution < -0.4 is 10.6 Å². The molecule has 2 N–H and O–H groups in total. The minimum Gasteiger partial charge on any atom is -0.354 e. The Labute approximate surface area is 87.6 Å². The zero-order valence-corrected chi connectivity index (χ0v) is 10.1. The molecule has 84 valence electrons. The maximum Gasteiger partial charge on any atom is 0.220 e. The Kier molecular flexibility index (Phi) is 5.77. The number of hydrogen-bond acceptors (Lipinski definition) is 2. The fourth-order valence-electron chi connectivity index (χ4n) is 1.39. The van der Waals surface area contributed by atoms with Gasteiger partial charge >= 0.3 is 0 Å². The van der Waals surface area contributed by atoms with Crippen molar-refractivity contribution in [2.75, 3.05) is 6.54 Å². The van der Waals surface area contributed by atoms with E-state index in [0.717, 1.165) is 13.0 Å². The van der Waals surface area contributed by atoms with Crippen LogP contribution in [0.1, 0.15) is 47.5 Å². The summed E-state index contributed by atoms with van der Waals surface area (Å²) in [5, 5.41) is 6.24. The van der Waals surface area contributed by atoms with E-state index in [1.54, 1.807) is 0 Å². The Bertz CT molecular complexity index is 176. The highest BCUT2D eigenvalue weighted by Gasteiger charge is 2.17. The van der Waals surface area contributed by atoms with E-state index in [2.05, 4.69) is 31.4 Å². The van der Waals surface area contributed by atoms with Crippen LogP contribution in [0.4, 0.5) is 0 Å². The summed E-state index contributed by atoms with van der Waals surface area (Å²) in [5.74, 6) is 0.144. The molecular formula is C11H24N2O. The molecule has 0 aromatic heterocycles. The van der Waals surface area contributed by atoms with Gasteiger partial charge in [-0.2, -0.15) is 0 Å². The predicted molar refractivity (Wildman–Crippen MR) is 60.3 cm³/mol. The molecule has 0 atom stereocenters. The zero-order chi connectivity index (χ0) is 11.2. The standard InChI is InChI=1S/C11H24N2O/c1-6-12-11(4,5)8-7-10(14)13-9(2)3/h9,12H,6-8H2,1-5H3,(H,13,14). The van der Waals surface area contributed by atoms with Crippen LogP contribution in [0.25, 0.3) is 0 Å². The summed E-state index contributed by atoms with van der Waals surface area (Å²) < 4.78 is 0. The first-order valence-corrected chi connectivity index (χ1v) is 5.42. The van der Waals surface area contributed by atoms with Crippen LogP contribution in [0.15, 0.2) is 0 Å². The predicted octanol–water partition coefficient (Wildman–Crippen LogP) is 1.68. The van der Waals surface area contributed by atoms with E-state index in [4.69, 9.17) is 0 Å². The average molecular weight is 200 g/mol. The zero-order valence-electron chi connectivity index (χ0n) is 10.1. The van der Waals surface area contributed by atoms with E-state index in [1.807, 2.05) is 13.8 Å². The van der Waals surface area contributed by atoms with Crippen LogP contribution in [-0.4, -0.2) is 24.0 Å². The van der Waals surface area contributed by atoms with Crippen molar-refractivity contribution in [2.24, 2.45) is 0 Å². The number of amides is 1. The molecule has 0 aliphatic carbocycles. The Balaban J connectivity index is 3.75. The first kappa shape index (κ1) is 13.4. The number of hydrogen-bond donors (Lipinski definition) is 2. The molecule has 0 rings (SSSR count). The summed E-state index contributed by atoms with van der Waals surface area (Å²) in [6, 6.07) is 0.241. The van der Waals surface area contributed by atoms with Gasteiger partial charge in [-0.3, -0.25) is 4.79 Å². The molecule has 0 aliphatic rings. The third kappa shape index (κ3) is 6.89. The first-order chi connectivity index (χ1) is 6.37. The SMILES string of the molecule is CCNC(C)(C)CCC(=O)NC(C)C. The molecule has 0 fully saturated rings. The second-order valence-electron chi connectivity index (χ2n) is 4.64. The summed E-state index contributed by atoms with van der Waals surface area (Å²) in [6.45, 7) is 11.2. The number of nitrogens with one attached hydrogen (secondary N) is 2. The minimum atomic E-state index is 0.0586. The second-order valence-corrected chi connectivity index (χ2v) is 4.64. The second kappa shape index (κ2) is 6.02. The monoisotopic (exact) mass is 200 g/mol. The molecule has 14 heavy (non-hydrogen) atoms. The van der Waals surface area contributed by atoms with Crippen molar-refractivity contribution in [1.82, 2.24) is 10.6 Å². The van der Waals surface area contributed by atoms with Gasteiger partial charge in [-0.05, 0) is 40.7 Å². The van der Waals surface area contributed by atoms with Gasteiger partial charge in [0, 0.05) is 18.0 Å². The van der Waals surface area contributed by atoms with Crippen molar-refractivity contribution in [2.45, 2.75) is 59.0 Å². The lowest BCUT2D eigenvalue weighted by molar-refractivity contribution is -0.121. The lowest BCUT2D eigenvalue weighted by Gasteiger charge is -2.25. The molecule has 0 aromatic carbocycles. The minimum absolute atomic E-state index is 0.0586. The van der Waals surface area contributed by atoms with E-state index in [1.165, 1.54) is 0 Å². The highest BCUT2D eigenvalue weighted by Crippen LogP contribution is 2.10. The fraction of sp³-hybridized carbons (Fsp3) is 0.909. The molecule has 3 nitrogen and oxygen atoms in total. The lowest BCUT2D eigenvalue weighted by Crippen LogP contribution is -2.40. The van der Waals surface area contributed by atoms with E-state index >= 15 is 0 Å². The molecule has 0 aromatic rings. The summed E-state index contributed by atoms with van der Waals surface area (Å²) in [5.41, 5.74) is 0.0586. The quantitative estimate of drug-likeness (QED) is 0.685. The van der Waals surface area contributed by atoms with Gasteiger partial charge in [0.1, 0.15) is 0 Å². The van der Waals surface area contributed by atoms with Gasteiger partial charge in [-0.15, -0.1) is 0 Å². The van der Waals surface area contributed by atoms with Crippen molar-refractivity contribution in [1.29, 1.82) is 0 Å². The van der Waals surface area contributed by atoms with E-state index < -0.39 is 0 Å². The van der Waals surface area contributed by atoms with Crippen LogP contribution in [0.2, 0.25) is 0 Å². The highest BCUT2D eigenvalue weighted by atomic mass is 16.1. The maximum atomic E-state index is 11.4. The average Bonchev–Trinajstić information content (AvgIpc) is 2.00. The van der Waals surface area contributed by atoms with Gasteiger partial charge in [0.05, 0.1) is 0 Å². The summed E-state index contributed by atoms with van der Waals surface area (Å²) in [6.07, 6.45) is 1.47. The van der Waals surface area contributed by atoms with Crippen LogP contribution in [0.3, 0.4) is 0 Å². The molecule has 0 spiro atoms. The summed E-state index contributed by atoms with van der Waals surface area (Å²) in [7, 11) is 0. The number of carbonyl (C=O) groups is 1. The van der Waals surface area contributed by atoms with Crippen LogP contribution in [0, 0.1) is 0 Å². The largest absolute Gasteiger partial charge is 0.354 e. The van der Waals surface area contributed by atoms with E-state index in [9.17, 15) is 4.79 Å². The molecule has 0 aliphatic heterocycles. The molecule has 3 heteroatoms. The van der Waals surface area contributed by atoms with Gasteiger partial charge in [0.15, 0.2) is 0 Å². The molecule has 0 heterocycles. The van der Waals surface area contributed by atoms with Crippen molar-refractivity contribution in [3.63, 3.8) is 0 Å². The van der Waals surface area contributed by atoms with Crippen LogP contribution in [-0.2, 0) is 4.79 Å². The fourth-order valence-corrected chi connectivity index (χ4v) is 1.39. The van der Waals surface area contributed by atoms with Crippen molar-refractivity contribution in [3.05, 3.63) is 0 Å². The molecule has 0 saturated heterocycles. The van der Waals surface area contributed by atoms with Crippen molar-refractivity contribution >= 4 is 5.91 Å². The van der Waals surface area contributed by atoms with Gasteiger partial charge in [0.2, 0.25) is 5.91 Å². The molecule has 1 amide bonds. The normalized spacial score (nSPS) is 11.9. The summed E-state index contributed by atoms with van der Waals surface area (Å²) >= 11 is 0. The molecular weight excluding hydrogens is 176 g/mol. The molecule has 0 bridgehead atoms. The molecule has 0 radical (unpaired) electrons. The molecule has 0 saturated carbocycles. The van der Waals surface area contributed by atoms with Crippen LogP contribution in [0.5, 0.6) is 0 Å². The highest BCUT2D eigenvalue weighted by molar-refractivity contribution is 5.76. The Morgan fingerprint density at radius 2 is 1.93 bits per heavy atom. The maximum absolute atomic E-state index is 11.4. The van der Waals surface area contributed by atoms with Gasteiger partial charge in [-0.1, -0.05) is 6.92 Å². The van der Waals surface area contributed by atoms with Crippen molar-refractivity contribution in [3.8, 4) is 0 Å². The van der Waals surface area contributed by atoms with Crippen molar-refractivity contribution < 1.29 is 4.79 Å².